The zero-order chi connectivity index (χ0) is 19.9. The fourth-order valence-electron chi connectivity index (χ4n) is 7.54. The van der Waals surface area contributed by atoms with Crippen LogP contribution in [-0.2, 0) is 28.5 Å². The third-order valence-electron chi connectivity index (χ3n) is 8.77. The second-order valence-electron chi connectivity index (χ2n) is 10.2. The predicted molar refractivity (Wildman–Crippen MR) is 103 cm³/mol. The van der Waals surface area contributed by atoms with Gasteiger partial charge in [0.25, 0.3) is 0 Å². The molecule has 2 bridgehead atoms. The van der Waals surface area contributed by atoms with E-state index in [4.69, 9.17) is 23.7 Å². The fourth-order valence-corrected chi connectivity index (χ4v) is 7.54. The first-order chi connectivity index (χ1) is 13.9. The molecule has 2 aliphatic carbocycles. The molecule has 4 heterocycles. The molecular weight excluding hydrogens is 372 g/mol. The summed E-state index contributed by atoms with van der Waals surface area (Å²) in [6.45, 7) is 6.77. The minimum Gasteiger partial charge on any atom is -0.362 e. The Hall–Kier alpha value is -0.790. The van der Waals surface area contributed by atoms with E-state index in [9.17, 15) is 4.79 Å². The van der Waals surface area contributed by atoms with Crippen molar-refractivity contribution in [2.24, 2.45) is 11.3 Å². The lowest BCUT2D eigenvalue weighted by molar-refractivity contribution is -0.289. The van der Waals surface area contributed by atoms with Gasteiger partial charge in [-0.1, -0.05) is 6.92 Å². The number of carbonyl (C=O) groups excluding carboxylic acids is 1. The highest BCUT2D eigenvalue weighted by Crippen LogP contribution is 2.67. The third kappa shape index (κ3) is 2.38. The van der Waals surface area contributed by atoms with Gasteiger partial charge < -0.3 is 23.7 Å². The molecular formula is C23H32O6. The Morgan fingerprint density at radius 1 is 0.966 bits per heavy atom. The Kier molecular flexibility index (Phi) is 4.00. The largest absolute Gasteiger partial charge is 0.362 e. The highest BCUT2D eigenvalue weighted by Gasteiger charge is 2.71. The molecule has 0 unspecified atom stereocenters. The molecule has 0 amide bonds. The monoisotopic (exact) mass is 404 g/mol. The van der Waals surface area contributed by atoms with Crippen molar-refractivity contribution in [2.75, 3.05) is 26.4 Å². The van der Waals surface area contributed by atoms with Gasteiger partial charge in [0.15, 0.2) is 17.4 Å². The average molecular weight is 405 g/mol. The number of ether oxygens (including phenoxy) is 5. The first kappa shape index (κ1) is 18.9. The molecule has 0 N–H and O–H groups in total. The van der Waals surface area contributed by atoms with Crippen LogP contribution in [0.3, 0.4) is 0 Å². The molecule has 29 heavy (non-hydrogen) atoms. The summed E-state index contributed by atoms with van der Waals surface area (Å²) in [5.41, 5.74) is 1.45. The van der Waals surface area contributed by atoms with E-state index in [2.05, 4.69) is 6.92 Å². The van der Waals surface area contributed by atoms with Gasteiger partial charge in [-0.05, 0) is 44.6 Å². The standard InChI is InChI=1S/C23H32O6/c1-20-14-16(24)19-15(5-8-21(2)25-10-11-26-21)17-6-9-22(19,29-17)18(20)4-3-7-23(20)27-12-13-28-23/h17-18H,3-14H2,1-2H3/t17-,18-,20+,22-/m1/s1. The van der Waals surface area contributed by atoms with Gasteiger partial charge in [-0.2, -0.15) is 0 Å². The van der Waals surface area contributed by atoms with E-state index < -0.39 is 17.2 Å². The van der Waals surface area contributed by atoms with Crippen molar-refractivity contribution >= 4 is 5.78 Å². The van der Waals surface area contributed by atoms with Crippen LogP contribution in [0.5, 0.6) is 0 Å². The second kappa shape index (κ2) is 6.13. The summed E-state index contributed by atoms with van der Waals surface area (Å²) in [5.74, 6) is -0.629. The maximum absolute atomic E-state index is 13.6. The summed E-state index contributed by atoms with van der Waals surface area (Å²) in [7, 11) is 0. The van der Waals surface area contributed by atoms with E-state index in [1.807, 2.05) is 6.92 Å². The molecule has 2 spiro atoms. The Bertz CT molecular complexity index is 761. The number of hydrogen-bond donors (Lipinski definition) is 0. The molecule has 160 valence electrons. The van der Waals surface area contributed by atoms with Gasteiger partial charge in [0.05, 0.1) is 32.5 Å². The van der Waals surface area contributed by atoms with Crippen molar-refractivity contribution in [2.45, 2.75) is 88.5 Å². The predicted octanol–water partition coefficient (Wildman–Crippen LogP) is 3.28. The molecule has 6 rings (SSSR count). The molecule has 4 aliphatic heterocycles. The molecule has 0 radical (unpaired) electrons. The maximum atomic E-state index is 13.6. The van der Waals surface area contributed by atoms with Crippen LogP contribution in [0.1, 0.15) is 65.2 Å². The highest BCUT2D eigenvalue weighted by molar-refractivity contribution is 6.01. The van der Waals surface area contributed by atoms with Gasteiger partial charge >= 0.3 is 0 Å². The topological polar surface area (TPSA) is 63.2 Å². The maximum Gasteiger partial charge on any atom is 0.174 e. The van der Waals surface area contributed by atoms with Crippen molar-refractivity contribution in [3.8, 4) is 0 Å². The summed E-state index contributed by atoms with van der Waals surface area (Å²) in [4.78, 5) is 13.6. The van der Waals surface area contributed by atoms with Gasteiger partial charge in [0.2, 0.25) is 0 Å². The van der Waals surface area contributed by atoms with Gasteiger partial charge in [0, 0.05) is 36.2 Å². The van der Waals surface area contributed by atoms with Crippen molar-refractivity contribution in [1.82, 2.24) is 0 Å². The number of fused-ring (bicyclic) bond motifs is 3. The minimum atomic E-state index is -0.616. The van der Waals surface area contributed by atoms with E-state index in [1.165, 1.54) is 5.57 Å². The molecule has 6 heteroatoms. The summed E-state index contributed by atoms with van der Waals surface area (Å²) in [6, 6.07) is 0. The quantitative estimate of drug-likeness (QED) is 0.719. The van der Waals surface area contributed by atoms with Gasteiger partial charge in [-0.15, -0.1) is 0 Å². The summed E-state index contributed by atoms with van der Waals surface area (Å²) < 4.78 is 30.8. The smallest absolute Gasteiger partial charge is 0.174 e. The van der Waals surface area contributed by atoms with Crippen LogP contribution in [0.4, 0.5) is 0 Å². The van der Waals surface area contributed by atoms with Gasteiger partial charge in [0.1, 0.15) is 5.60 Å². The van der Waals surface area contributed by atoms with Crippen LogP contribution in [0.2, 0.25) is 0 Å². The lowest BCUT2D eigenvalue weighted by Crippen LogP contribution is -2.64. The molecule has 0 aromatic rings. The average Bonchev–Trinajstić information content (AvgIpc) is 3.46. The first-order valence-corrected chi connectivity index (χ1v) is 11.4. The molecule has 4 atom stereocenters. The Morgan fingerprint density at radius 3 is 2.45 bits per heavy atom. The summed E-state index contributed by atoms with van der Waals surface area (Å²) in [6.07, 6.45) is 7.13. The number of hydrogen-bond acceptors (Lipinski definition) is 6. The molecule has 0 aromatic carbocycles. The third-order valence-corrected chi connectivity index (χ3v) is 8.77. The molecule has 2 saturated carbocycles. The van der Waals surface area contributed by atoms with E-state index in [1.54, 1.807) is 0 Å². The van der Waals surface area contributed by atoms with Crippen LogP contribution < -0.4 is 0 Å². The van der Waals surface area contributed by atoms with Crippen LogP contribution >= 0.6 is 0 Å². The normalized spacial score (nSPS) is 44.6. The second-order valence-corrected chi connectivity index (χ2v) is 10.2. The Morgan fingerprint density at radius 2 is 1.69 bits per heavy atom. The van der Waals surface area contributed by atoms with Crippen LogP contribution in [0.25, 0.3) is 0 Å². The van der Waals surface area contributed by atoms with Crippen LogP contribution in [-0.4, -0.2) is 55.5 Å². The Balaban J connectivity index is 1.37. The van der Waals surface area contributed by atoms with E-state index in [0.717, 1.165) is 50.5 Å². The first-order valence-electron chi connectivity index (χ1n) is 11.4. The molecule has 6 nitrogen and oxygen atoms in total. The van der Waals surface area contributed by atoms with Crippen molar-refractivity contribution in [3.05, 3.63) is 11.1 Å². The van der Waals surface area contributed by atoms with Crippen molar-refractivity contribution < 1.29 is 28.5 Å². The molecule has 6 aliphatic rings. The summed E-state index contributed by atoms with van der Waals surface area (Å²) in [5, 5.41) is 0. The Labute approximate surface area is 172 Å². The molecule has 3 saturated heterocycles. The SMILES string of the molecule is CC1(CCC2=C3C(=O)C[C@@]4(C)[C@@H](CCCC45OCCO5)[C@]34CC[C@H]2O4)OCCO1. The summed E-state index contributed by atoms with van der Waals surface area (Å²) >= 11 is 0. The number of Topliss-reactive ketones (excluding diaryl/α,β-unsaturated/α-hetero) is 1. The van der Waals surface area contributed by atoms with Gasteiger partial charge in [-0.25, -0.2) is 0 Å². The van der Waals surface area contributed by atoms with E-state index in [-0.39, 0.29) is 23.2 Å². The van der Waals surface area contributed by atoms with Crippen LogP contribution in [0, 0.1) is 11.3 Å². The van der Waals surface area contributed by atoms with Gasteiger partial charge in [-0.3, -0.25) is 4.79 Å². The van der Waals surface area contributed by atoms with E-state index in [0.29, 0.717) is 32.8 Å². The molecule has 5 fully saturated rings. The zero-order valence-corrected chi connectivity index (χ0v) is 17.6. The highest BCUT2D eigenvalue weighted by atomic mass is 16.7. The fraction of sp³-hybridized carbons (Fsp3) is 0.870. The van der Waals surface area contributed by atoms with Crippen molar-refractivity contribution in [1.29, 1.82) is 0 Å². The lowest BCUT2D eigenvalue weighted by atomic mass is 9.49. The lowest BCUT2D eigenvalue weighted by Gasteiger charge is -2.59. The van der Waals surface area contributed by atoms with E-state index >= 15 is 0 Å². The zero-order valence-electron chi connectivity index (χ0n) is 17.6. The number of rotatable bonds is 3. The van der Waals surface area contributed by atoms with Crippen molar-refractivity contribution in [3.63, 3.8) is 0 Å². The number of carbonyl (C=O) groups is 1. The number of ketones is 1. The minimum absolute atomic E-state index is 0.0737. The van der Waals surface area contributed by atoms with Crippen LogP contribution in [0.15, 0.2) is 11.1 Å². The molecule has 0 aromatic heterocycles.